The summed E-state index contributed by atoms with van der Waals surface area (Å²) in [6, 6.07) is 27.8. The van der Waals surface area contributed by atoms with E-state index in [2.05, 4.69) is 37.5 Å². The second kappa shape index (κ2) is 15.2. The first-order chi connectivity index (χ1) is 26.4. The molecule has 4 aromatic rings. The van der Waals surface area contributed by atoms with Crippen LogP contribution in [0.1, 0.15) is 47.7 Å². The summed E-state index contributed by atoms with van der Waals surface area (Å²) >= 11 is 0. The average Bonchev–Trinajstić information content (AvgIpc) is 3.86. The molecule has 0 bridgehead atoms. The molecule has 288 valence electrons. The number of hydrogen-bond donors (Lipinski definition) is 3. The smallest absolute Gasteiger partial charge is 0.264 e. The fourth-order valence-corrected chi connectivity index (χ4v) is 13.1. The molecule has 0 aromatic heterocycles. The Labute approximate surface area is 323 Å². The molecule has 2 fully saturated rings. The maximum absolute atomic E-state index is 15.2. The number of anilines is 3. The molecule has 0 unspecified atom stereocenters. The van der Waals surface area contributed by atoms with Crippen LogP contribution in [0, 0.1) is 5.92 Å². The number of amides is 3. The molecule has 3 aliphatic heterocycles. The third kappa shape index (κ3) is 6.87. The number of nitrogen functional groups attached to an aromatic ring is 1. The largest absolute Gasteiger partial charge is 0.497 e. The quantitative estimate of drug-likeness (QED) is 0.131. The molecule has 2 saturated heterocycles. The minimum Gasteiger partial charge on any atom is -0.497 e. The number of nitrogens with one attached hydrogen (secondary N) is 1. The summed E-state index contributed by atoms with van der Waals surface area (Å²) in [7, 11) is 0.756. The van der Waals surface area contributed by atoms with Gasteiger partial charge in [-0.05, 0) is 90.7 Å². The van der Waals surface area contributed by atoms with Crippen LogP contribution in [-0.4, -0.2) is 75.3 Å². The fourth-order valence-electron chi connectivity index (χ4n) is 9.13. The summed E-state index contributed by atoms with van der Waals surface area (Å²) in [5, 5.41) is 14.2. The predicted octanol–water partition coefficient (Wildman–Crippen LogP) is 5.67. The van der Waals surface area contributed by atoms with Gasteiger partial charge in [0, 0.05) is 35.0 Å². The summed E-state index contributed by atoms with van der Waals surface area (Å²) in [6.07, 6.45) is 1.16. The maximum Gasteiger partial charge on any atom is 0.264 e. The summed E-state index contributed by atoms with van der Waals surface area (Å²) in [5.41, 5.74) is 8.30. The Morgan fingerprint density at radius 3 is 2.29 bits per heavy atom. The van der Waals surface area contributed by atoms with Gasteiger partial charge in [0.25, 0.3) is 11.8 Å². The predicted molar refractivity (Wildman–Crippen MR) is 215 cm³/mol. The van der Waals surface area contributed by atoms with Crippen molar-refractivity contribution in [2.24, 2.45) is 5.92 Å². The summed E-state index contributed by atoms with van der Waals surface area (Å²) < 4.78 is 18.4. The van der Waals surface area contributed by atoms with E-state index in [0.29, 0.717) is 29.2 Å². The van der Waals surface area contributed by atoms with E-state index in [0.717, 1.165) is 35.4 Å². The van der Waals surface area contributed by atoms with Crippen molar-refractivity contribution in [1.29, 1.82) is 0 Å². The van der Waals surface area contributed by atoms with Gasteiger partial charge in [-0.15, -0.1) is 0 Å². The van der Waals surface area contributed by atoms with Gasteiger partial charge < -0.3 is 40.2 Å². The molecule has 55 heavy (non-hydrogen) atoms. The first-order valence-corrected chi connectivity index (χ1v) is 22.0. The van der Waals surface area contributed by atoms with E-state index in [1.54, 1.807) is 48.3 Å². The fraction of sp³-hybridized carbons (Fsp3) is 0.372. The third-order valence-corrected chi connectivity index (χ3v) is 16.4. The number of carbonyl (C=O) groups excluding carboxylic acids is 3. The molecule has 0 aliphatic carbocycles. The second-order valence-corrected chi connectivity index (χ2v) is 20.2. The van der Waals surface area contributed by atoms with Gasteiger partial charge in [-0.2, -0.15) is 0 Å². The van der Waals surface area contributed by atoms with E-state index in [4.69, 9.17) is 19.9 Å². The zero-order chi connectivity index (χ0) is 39.1. The number of fused-ring (bicyclic) bond motifs is 2. The number of nitrogens with two attached hydrogens (primary N) is 1. The number of hydrogen-bond acceptors (Lipinski definition) is 8. The minimum absolute atomic E-state index is 0.0629. The Balaban J connectivity index is 1.23. The van der Waals surface area contributed by atoms with Gasteiger partial charge in [0.15, 0.2) is 5.60 Å². The molecule has 3 aliphatic rings. The first kappa shape index (κ1) is 38.1. The van der Waals surface area contributed by atoms with Crippen LogP contribution in [0.15, 0.2) is 91.0 Å². The summed E-state index contributed by atoms with van der Waals surface area (Å²) in [6.45, 7) is 7.46. The number of benzene rings is 4. The zero-order valence-corrected chi connectivity index (χ0v) is 33.1. The Morgan fingerprint density at radius 1 is 0.964 bits per heavy atom. The highest BCUT2D eigenvalue weighted by Crippen LogP contribution is 2.60. The van der Waals surface area contributed by atoms with Crippen molar-refractivity contribution in [2.75, 3.05) is 43.3 Å². The number of nitrogens with zero attached hydrogens (tertiary/aromatic N) is 2. The van der Waals surface area contributed by atoms with Crippen LogP contribution < -0.4 is 30.6 Å². The molecule has 5 atom stereocenters. The van der Waals surface area contributed by atoms with Crippen molar-refractivity contribution in [1.82, 2.24) is 4.90 Å². The normalized spacial score (nSPS) is 23.3. The highest BCUT2D eigenvalue weighted by atomic mass is 28.3. The highest BCUT2D eigenvalue weighted by molar-refractivity contribution is 6.91. The number of aliphatic hydroxyl groups is 1. The topological polar surface area (TPSA) is 144 Å². The number of aliphatic hydroxyl groups excluding tert-OH is 1. The van der Waals surface area contributed by atoms with Crippen molar-refractivity contribution >= 4 is 48.0 Å². The minimum atomic E-state index is -2.49. The third-order valence-electron chi connectivity index (χ3n) is 12.1. The molecule has 11 nitrogen and oxygen atoms in total. The Hall–Kier alpha value is -5.17. The van der Waals surface area contributed by atoms with Crippen LogP contribution in [0.4, 0.5) is 17.1 Å². The first-order valence-electron chi connectivity index (χ1n) is 18.9. The molecule has 0 radical (unpaired) electrons. The van der Waals surface area contributed by atoms with Crippen LogP contribution in [0.25, 0.3) is 0 Å². The van der Waals surface area contributed by atoms with Crippen molar-refractivity contribution in [3.8, 4) is 11.5 Å². The maximum atomic E-state index is 15.2. The lowest BCUT2D eigenvalue weighted by Gasteiger charge is -2.37. The van der Waals surface area contributed by atoms with Crippen molar-refractivity contribution in [3.63, 3.8) is 0 Å². The van der Waals surface area contributed by atoms with Crippen LogP contribution >= 0.6 is 0 Å². The number of likely N-dealkylation sites (tertiary alicyclic amines) is 1. The molecule has 4 N–H and O–H groups in total. The highest BCUT2D eigenvalue weighted by Gasteiger charge is 2.66. The molecule has 1 spiro atoms. The van der Waals surface area contributed by atoms with Crippen molar-refractivity contribution in [2.45, 2.75) is 69.1 Å². The van der Waals surface area contributed by atoms with Gasteiger partial charge in [0.1, 0.15) is 11.5 Å². The molecule has 3 amide bonds. The second-order valence-electron chi connectivity index (χ2n) is 15.5. The Kier molecular flexibility index (Phi) is 10.5. The number of rotatable bonds is 11. The lowest BCUT2D eigenvalue weighted by atomic mass is 9.82. The average molecular weight is 763 g/mol. The van der Waals surface area contributed by atoms with Gasteiger partial charge in [0.05, 0.1) is 59.7 Å². The van der Waals surface area contributed by atoms with E-state index >= 15 is 4.79 Å². The molecular weight excluding hydrogens is 713 g/mol. The van der Waals surface area contributed by atoms with E-state index < -0.39 is 19.8 Å². The number of ether oxygens (including phenoxy) is 3. The van der Waals surface area contributed by atoms with E-state index in [1.165, 1.54) is 5.19 Å². The van der Waals surface area contributed by atoms with Crippen LogP contribution in [0.2, 0.25) is 18.6 Å². The van der Waals surface area contributed by atoms with Crippen LogP contribution in [-0.2, 0) is 26.5 Å². The van der Waals surface area contributed by atoms with Gasteiger partial charge >= 0.3 is 0 Å². The van der Waals surface area contributed by atoms with Gasteiger partial charge in [-0.25, -0.2) is 0 Å². The molecule has 3 heterocycles. The van der Waals surface area contributed by atoms with E-state index in [1.807, 2.05) is 54.6 Å². The number of carbonyl (C=O) groups is 3. The van der Waals surface area contributed by atoms with Gasteiger partial charge in [-0.3, -0.25) is 14.4 Å². The van der Waals surface area contributed by atoms with Gasteiger partial charge in [-0.1, -0.05) is 49.5 Å². The van der Waals surface area contributed by atoms with E-state index in [9.17, 15) is 14.7 Å². The summed E-state index contributed by atoms with van der Waals surface area (Å²) in [5.74, 6) is 0.562. The summed E-state index contributed by atoms with van der Waals surface area (Å²) in [4.78, 5) is 45.7. The monoisotopic (exact) mass is 762 g/mol. The number of methoxy groups -OCH3 is 2. The Bertz CT molecular complexity index is 2060. The molecule has 0 saturated carbocycles. The zero-order valence-electron chi connectivity index (χ0n) is 32.1. The van der Waals surface area contributed by atoms with Crippen LogP contribution in [0.3, 0.4) is 0 Å². The lowest BCUT2D eigenvalue weighted by Crippen LogP contribution is -2.52. The molecular formula is C43H50N4O7Si. The van der Waals surface area contributed by atoms with Crippen molar-refractivity contribution < 1.29 is 33.7 Å². The Morgan fingerprint density at radius 2 is 1.64 bits per heavy atom. The standard InChI is InChI=1S/C43H50N4O7Si/c1-27-40(55(4,5)35-19-16-33(52-2)17-20-35)38(24-39(49)46-22-6-7-32(46)26-48)54-43(27)36-23-34(53-3)18-21-37(36)47(42(43)51)25-28-8-14-31(15-9-28)45-41(50)29-10-12-30(44)13-11-29/h8-21,23,27,32,38,40,48H,6-7,22,24-26,44H2,1-5H3,(H,45,50)/t27-,32+,38+,40-,43+/m1/s1. The van der Waals surface area contributed by atoms with E-state index in [-0.39, 0.29) is 54.8 Å². The van der Waals surface area contributed by atoms with Crippen LogP contribution in [0.5, 0.6) is 11.5 Å². The SMILES string of the molecule is COc1ccc([Si](C)(C)[C@H]2[C@H](CC(=O)N3CCC[C@H]3CO)O[C@@]3(C(=O)N(Cc4ccc(NC(=O)c5ccc(N)cc5)cc4)c4ccc(OC)cc43)[C@@H]2C)cc1. The van der Waals surface area contributed by atoms with Crippen molar-refractivity contribution in [3.05, 3.63) is 108 Å². The molecule has 7 rings (SSSR count). The van der Waals surface area contributed by atoms with Gasteiger partial charge in [0.2, 0.25) is 5.91 Å². The molecule has 4 aromatic carbocycles. The lowest BCUT2D eigenvalue weighted by molar-refractivity contribution is -0.150. The molecule has 12 heteroatoms.